The molecule has 3 heteroatoms. The van der Waals surface area contributed by atoms with Gasteiger partial charge in [-0.05, 0) is 44.6 Å². The molecular formula is C17H22O3. The van der Waals surface area contributed by atoms with E-state index in [0.29, 0.717) is 0 Å². The second-order valence-corrected chi connectivity index (χ2v) is 5.95. The lowest BCUT2D eigenvalue weighted by molar-refractivity contribution is -0.141. The molecule has 108 valence electrons. The van der Waals surface area contributed by atoms with Crippen LogP contribution in [0.2, 0.25) is 0 Å². The number of allylic oxidation sites excluding steroid dienone is 1. The predicted octanol–water partition coefficient (Wildman–Crippen LogP) is 3.67. The smallest absolute Gasteiger partial charge is 0.307 e. The number of hydrogen-bond acceptors (Lipinski definition) is 3. The lowest BCUT2D eigenvalue weighted by atomic mass is 9.76. The van der Waals surface area contributed by atoms with Gasteiger partial charge >= 0.3 is 5.97 Å². The minimum Gasteiger partial charge on any atom is -0.431 e. The molecule has 3 rings (SSSR count). The van der Waals surface area contributed by atoms with E-state index in [2.05, 4.69) is 18.7 Å². The number of carbonyl (C=O) groups excluding carboxylic acids is 1. The van der Waals surface area contributed by atoms with Crippen LogP contribution in [0.3, 0.4) is 0 Å². The van der Waals surface area contributed by atoms with E-state index in [1.54, 1.807) is 0 Å². The number of carbonyl (C=O) groups is 1. The minimum atomic E-state index is -0.279. The molecule has 3 aliphatic rings. The summed E-state index contributed by atoms with van der Waals surface area (Å²) in [4.78, 5) is 11.5. The Morgan fingerprint density at radius 1 is 1.60 bits per heavy atom. The third kappa shape index (κ3) is 2.14. The molecule has 1 fully saturated rings. The maximum Gasteiger partial charge on any atom is 0.307 e. The molecule has 0 aromatic carbocycles. The molecule has 3 atom stereocenters. The maximum absolute atomic E-state index is 11.5. The fraction of sp³-hybridized carbons (Fsp3) is 0.588. The zero-order valence-corrected chi connectivity index (χ0v) is 12.1. The Labute approximate surface area is 120 Å². The van der Waals surface area contributed by atoms with E-state index in [1.807, 2.05) is 6.08 Å². The SMILES string of the molecule is C=CCC[C@@H]1C(OC(C)=O)=C2CCCC[C@]23C=C[C@H]1O3. The van der Waals surface area contributed by atoms with Crippen LogP contribution >= 0.6 is 0 Å². The van der Waals surface area contributed by atoms with Crippen molar-refractivity contribution >= 4 is 5.97 Å². The first-order valence-corrected chi connectivity index (χ1v) is 7.56. The third-order valence-electron chi connectivity index (χ3n) is 4.60. The highest BCUT2D eigenvalue weighted by Crippen LogP contribution is 2.51. The summed E-state index contributed by atoms with van der Waals surface area (Å²) in [5.74, 6) is 0.815. The Balaban J connectivity index is 2.00. The molecule has 1 saturated carbocycles. The van der Waals surface area contributed by atoms with Gasteiger partial charge in [-0.2, -0.15) is 0 Å². The van der Waals surface area contributed by atoms with E-state index in [1.165, 1.54) is 18.9 Å². The highest BCUT2D eigenvalue weighted by Gasteiger charge is 2.50. The van der Waals surface area contributed by atoms with E-state index in [0.717, 1.165) is 37.9 Å². The summed E-state index contributed by atoms with van der Waals surface area (Å²) in [5, 5.41) is 0. The first-order valence-electron chi connectivity index (χ1n) is 7.56. The van der Waals surface area contributed by atoms with Crippen molar-refractivity contribution in [2.24, 2.45) is 5.92 Å². The molecule has 20 heavy (non-hydrogen) atoms. The van der Waals surface area contributed by atoms with Crippen molar-refractivity contribution < 1.29 is 14.3 Å². The van der Waals surface area contributed by atoms with Gasteiger partial charge in [0, 0.05) is 18.4 Å². The first kappa shape index (κ1) is 13.6. The van der Waals surface area contributed by atoms with E-state index in [4.69, 9.17) is 9.47 Å². The van der Waals surface area contributed by atoms with Gasteiger partial charge in [-0.1, -0.05) is 12.2 Å². The van der Waals surface area contributed by atoms with Crippen molar-refractivity contribution in [1.29, 1.82) is 0 Å². The van der Waals surface area contributed by atoms with Crippen molar-refractivity contribution in [1.82, 2.24) is 0 Å². The van der Waals surface area contributed by atoms with Crippen LogP contribution < -0.4 is 0 Å². The predicted molar refractivity (Wildman–Crippen MR) is 76.9 cm³/mol. The van der Waals surface area contributed by atoms with Crippen LogP contribution in [0.25, 0.3) is 0 Å². The fourth-order valence-corrected chi connectivity index (χ4v) is 3.74. The topological polar surface area (TPSA) is 35.5 Å². The average Bonchev–Trinajstić information content (AvgIpc) is 2.78. The zero-order chi connectivity index (χ0) is 14.2. The first-order chi connectivity index (χ1) is 9.66. The molecule has 2 aliphatic heterocycles. The van der Waals surface area contributed by atoms with E-state index in [9.17, 15) is 4.79 Å². The molecule has 1 aliphatic carbocycles. The lowest BCUT2D eigenvalue weighted by Gasteiger charge is -2.43. The molecule has 2 heterocycles. The number of rotatable bonds is 4. The molecule has 0 radical (unpaired) electrons. The van der Waals surface area contributed by atoms with Gasteiger partial charge in [-0.15, -0.1) is 6.58 Å². The summed E-state index contributed by atoms with van der Waals surface area (Å²) in [6, 6.07) is 0. The Morgan fingerprint density at radius 2 is 2.45 bits per heavy atom. The number of fused-ring (bicyclic) bond motifs is 1. The number of hydrogen-bond donors (Lipinski definition) is 0. The van der Waals surface area contributed by atoms with Crippen LogP contribution in [0, 0.1) is 5.92 Å². The maximum atomic E-state index is 11.5. The number of esters is 1. The summed E-state index contributed by atoms with van der Waals surface area (Å²) in [7, 11) is 0. The second-order valence-electron chi connectivity index (χ2n) is 5.95. The highest BCUT2D eigenvalue weighted by molar-refractivity contribution is 5.68. The Morgan fingerprint density at radius 3 is 3.20 bits per heavy atom. The van der Waals surface area contributed by atoms with Gasteiger partial charge < -0.3 is 9.47 Å². The molecule has 2 bridgehead atoms. The van der Waals surface area contributed by atoms with Crippen LogP contribution in [0.15, 0.2) is 36.1 Å². The van der Waals surface area contributed by atoms with Gasteiger partial charge in [0.15, 0.2) is 0 Å². The molecule has 0 aromatic rings. The van der Waals surface area contributed by atoms with E-state index in [-0.39, 0.29) is 23.6 Å². The summed E-state index contributed by atoms with van der Waals surface area (Å²) >= 11 is 0. The highest BCUT2D eigenvalue weighted by atomic mass is 16.6. The minimum absolute atomic E-state index is 0.0474. The Kier molecular flexibility index (Phi) is 3.55. The van der Waals surface area contributed by atoms with Gasteiger partial charge in [-0.25, -0.2) is 0 Å². The number of ether oxygens (including phenoxy) is 2. The molecule has 3 nitrogen and oxygen atoms in total. The van der Waals surface area contributed by atoms with Gasteiger partial charge in [0.2, 0.25) is 0 Å². The largest absolute Gasteiger partial charge is 0.431 e. The van der Waals surface area contributed by atoms with Crippen LogP contribution in [0.5, 0.6) is 0 Å². The van der Waals surface area contributed by atoms with Crippen LogP contribution in [0.4, 0.5) is 0 Å². The molecule has 0 N–H and O–H groups in total. The van der Waals surface area contributed by atoms with Gasteiger partial charge in [-0.3, -0.25) is 4.79 Å². The Bertz CT molecular complexity index is 488. The van der Waals surface area contributed by atoms with E-state index < -0.39 is 0 Å². The molecule has 0 unspecified atom stereocenters. The van der Waals surface area contributed by atoms with Gasteiger partial charge in [0.25, 0.3) is 0 Å². The summed E-state index contributed by atoms with van der Waals surface area (Å²) in [6.45, 7) is 5.27. The average molecular weight is 274 g/mol. The molecule has 1 spiro atoms. The van der Waals surface area contributed by atoms with Gasteiger partial charge in [0.1, 0.15) is 11.4 Å². The van der Waals surface area contributed by atoms with Gasteiger partial charge in [0.05, 0.1) is 6.10 Å². The lowest BCUT2D eigenvalue weighted by Crippen LogP contribution is -2.43. The van der Waals surface area contributed by atoms with Crippen molar-refractivity contribution in [3.63, 3.8) is 0 Å². The summed E-state index contributed by atoms with van der Waals surface area (Å²) in [6.07, 6.45) is 12.5. The van der Waals surface area contributed by atoms with Crippen molar-refractivity contribution in [2.75, 3.05) is 0 Å². The van der Waals surface area contributed by atoms with Crippen molar-refractivity contribution in [3.8, 4) is 0 Å². The fourth-order valence-electron chi connectivity index (χ4n) is 3.74. The summed E-state index contributed by atoms with van der Waals surface area (Å²) in [5.41, 5.74) is 0.927. The molecule has 0 saturated heterocycles. The molecule has 0 aromatic heterocycles. The van der Waals surface area contributed by atoms with Crippen LogP contribution in [-0.4, -0.2) is 17.7 Å². The normalized spacial score (nSPS) is 34.9. The molecule has 0 amide bonds. The van der Waals surface area contributed by atoms with Crippen LogP contribution in [-0.2, 0) is 14.3 Å². The molecular weight excluding hydrogens is 252 g/mol. The third-order valence-corrected chi connectivity index (χ3v) is 4.60. The zero-order valence-electron chi connectivity index (χ0n) is 12.1. The second kappa shape index (κ2) is 5.21. The quantitative estimate of drug-likeness (QED) is 0.579. The van der Waals surface area contributed by atoms with Crippen LogP contribution in [0.1, 0.15) is 45.4 Å². The van der Waals surface area contributed by atoms with E-state index >= 15 is 0 Å². The standard InChI is InChI=1S/C17H22O3/c1-3-4-7-13-15-9-11-17(20-15)10-6-5-8-14(17)16(13)19-12(2)18/h3,9,11,13,15H,1,4-8,10H2,2H3/t13-,15+,17-/m0/s1. The van der Waals surface area contributed by atoms with Crippen molar-refractivity contribution in [3.05, 3.63) is 36.1 Å². The Hall–Kier alpha value is -1.35. The summed E-state index contributed by atoms with van der Waals surface area (Å²) < 4.78 is 11.9. The monoisotopic (exact) mass is 274 g/mol. The van der Waals surface area contributed by atoms with Crippen molar-refractivity contribution in [2.45, 2.75) is 57.2 Å².